The van der Waals surface area contributed by atoms with Gasteiger partial charge in [-0.15, -0.1) is 0 Å². The fraction of sp³-hybridized carbons (Fsp3) is 0.500. The first-order valence-electron chi connectivity index (χ1n) is 3.79. The van der Waals surface area contributed by atoms with Crippen LogP contribution >= 0.6 is 0 Å². The lowest BCUT2D eigenvalue weighted by Gasteiger charge is -2.07. The largest absolute Gasteiger partial charge is 0.504 e. The van der Waals surface area contributed by atoms with Crippen molar-refractivity contribution >= 4 is 0 Å². The van der Waals surface area contributed by atoms with Gasteiger partial charge in [-0.2, -0.15) is 9.97 Å². The van der Waals surface area contributed by atoms with E-state index in [1.54, 1.807) is 6.92 Å². The number of aryl methyl sites for hydroxylation is 1. The van der Waals surface area contributed by atoms with Crippen molar-refractivity contribution < 1.29 is 9.84 Å². The van der Waals surface area contributed by atoms with Gasteiger partial charge in [0, 0.05) is 0 Å². The Hall–Kier alpha value is -1.32. The Bertz CT molecular complexity index is 274. The lowest BCUT2D eigenvalue weighted by atomic mass is 10.4. The number of rotatable bonds is 2. The fourth-order valence-corrected chi connectivity index (χ4v) is 0.707. The molecule has 0 fully saturated rings. The zero-order chi connectivity index (χ0) is 9.14. The molecule has 0 saturated heterocycles. The summed E-state index contributed by atoms with van der Waals surface area (Å²) in [5, 5.41) is 9.10. The minimum Gasteiger partial charge on any atom is -0.504 e. The Morgan fingerprint density at radius 1 is 1.50 bits per heavy atom. The summed E-state index contributed by atoms with van der Waals surface area (Å²) in [5.74, 6) is 0.0890. The van der Waals surface area contributed by atoms with Crippen LogP contribution in [0.4, 0.5) is 0 Å². The molecular weight excluding hydrogens is 156 g/mol. The molecule has 0 unspecified atom stereocenters. The first-order valence-corrected chi connectivity index (χ1v) is 3.79. The van der Waals surface area contributed by atoms with E-state index in [9.17, 15) is 0 Å². The Morgan fingerprint density at radius 2 is 2.17 bits per heavy atom. The molecule has 0 amide bonds. The predicted molar refractivity (Wildman–Crippen MR) is 44.2 cm³/mol. The molecule has 1 heterocycles. The van der Waals surface area contributed by atoms with Crippen molar-refractivity contribution in [3.8, 4) is 11.8 Å². The summed E-state index contributed by atoms with van der Waals surface area (Å²) >= 11 is 0. The van der Waals surface area contributed by atoms with Crippen molar-refractivity contribution in [1.29, 1.82) is 0 Å². The lowest BCUT2D eigenvalue weighted by molar-refractivity contribution is 0.220. The third kappa shape index (κ3) is 2.08. The van der Waals surface area contributed by atoms with Crippen LogP contribution in [-0.2, 0) is 0 Å². The van der Waals surface area contributed by atoms with Crippen molar-refractivity contribution in [3.05, 3.63) is 11.9 Å². The second-order valence-corrected chi connectivity index (χ2v) is 2.79. The molecule has 0 radical (unpaired) electrons. The zero-order valence-corrected chi connectivity index (χ0v) is 7.40. The fourth-order valence-electron chi connectivity index (χ4n) is 0.707. The van der Waals surface area contributed by atoms with E-state index in [2.05, 4.69) is 9.97 Å². The van der Waals surface area contributed by atoms with Crippen LogP contribution in [0.1, 0.15) is 19.5 Å². The summed E-state index contributed by atoms with van der Waals surface area (Å²) in [6.07, 6.45) is 1.38. The molecule has 0 spiro atoms. The predicted octanol–water partition coefficient (Wildman–Crippen LogP) is 1.28. The molecule has 0 bridgehead atoms. The van der Waals surface area contributed by atoms with Crippen LogP contribution in [0.5, 0.6) is 11.8 Å². The average Bonchev–Trinajstić information content (AvgIpc) is 1.96. The molecule has 12 heavy (non-hydrogen) atoms. The maximum atomic E-state index is 9.10. The highest BCUT2D eigenvalue weighted by molar-refractivity contribution is 5.22. The monoisotopic (exact) mass is 168 g/mol. The van der Waals surface area contributed by atoms with E-state index in [0.29, 0.717) is 11.7 Å². The van der Waals surface area contributed by atoms with Crippen molar-refractivity contribution in [2.24, 2.45) is 0 Å². The molecule has 0 aromatic carbocycles. The SMILES string of the molecule is Cc1nc(OC(C)C)ncc1O. The highest BCUT2D eigenvalue weighted by Crippen LogP contribution is 2.14. The van der Waals surface area contributed by atoms with Gasteiger partial charge in [-0.05, 0) is 20.8 Å². The number of ether oxygens (including phenoxy) is 1. The number of hydrogen-bond acceptors (Lipinski definition) is 4. The van der Waals surface area contributed by atoms with Gasteiger partial charge in [-0.3, -0.25) is 0 Å². The van der Waals surface area contributed by atoms with Crippen LogP contribution in [-0.4, -0.2) is 21.2 Å². The second kappa shape index (κ2) is 3.38. The van der Waals surface area contributed by atoms with E-state index in [-0.39, 0.29) is 11.9 Å². The first kappa shape index (κ1) is 8.77. The summed E-state index contributed by atoms with van der Waals surface area (Å²) in [6, 6.07) is 0.306. The Kier molecular flexibility index (Phi) is 2.47. The number of hydrogen-bond donors (Lipinski definition) is 1. The van der Waals surface area contributed by atoms with Crippen molar-refractivity contribution in [1.82, 2.24) is 9.97 Å². The molecule has 0 saturated carbocycles. The van der Waals surface area contributed by atoms with E-state index in [4.69, 9.17) is 9.84 Å². The van der Waals surface area contributed by atoms with Crippen molar-refractivity contribution in [2.45, 2.75) is 26.9 Å². The van der Waals surface area contributed by atoms with Crippen LogP contribution in [0, 0.1) is 6.92 Å². The minimum atomic E-state index is 0.0499. The summed E-state index contributed by atoms with van der Waals surface area (Å²) in [4.78, 5) is 7.73. The van der Waals surface area contributed by atoms with Crippen molar-refractivity contribution in [2.75, 3.05) is 0 Å². The maximum absolute atomic E-state index is 9.10. The molecule has 0 aliphatic carbocycles. The van der Waals surface area contributed by atoms with Gasteiger partial charge in [0.2, 0.25) is 0 Å². The highest BCUT2D eigenvalue weighted by Gasteiger charge is 2.03. The lowest BCUT2D eigenvalue weighted by Crippen LogP contribution is -2.08. The van der Waals surface area contributed by atoms with Gasteiger partial charge in [0.25, 0.3) is 0 Å². The smallest absolute Gasteiger partial charge is 0.317 e. The van der Waals surface area contributed by atoms with E-state index >= 15 is 0 Å². The molecule has 0 aliphatic rings. The molecule has 0 aliphatic heterocycles. The van der Waals surface area contributed by atoms with E-state index in [0.717, 1.165) is 0 Å². The van der Waals surface area contributed by atoms with Gasteiger partial charge in [0.1, 0.15) is 0 Å². The van der Waals surface area contributed by atoms with Gasteiger partial charge >= 0.3 is 6.01 Å². The summed E-state index contributed by atoms with van der Waals surface area (Å²) in [7, 11) is 0. The van der Waals surface area contributed by atoms with Crippen LogP contribution < -0.4 is 4.74 Å². The molecular formula is C8H12N2O2. The van der Waals surface area contributed by atoms with Gasteiger partial charge in [-0.25, -0.2) is 0 Å². The molecule has 1 N–H and O–H groups in total. The van der Waals surface area contributed by atoms with Gasteiger partial charge in [-0.1, -0.05) is 0 Å². The van der Waals surface area contributed by atoms with Crippen LogP contribution in [0.15, 0.2) is 6.20 Å². The number of nitrogens with zero attached hydrogens (tertiary/aromatic N) is 2. The standard InChI is InChI=1S/C8H12N2O2/c1-5(2)12-8-9-4-7(11)6(3)10-8/h4-5,11H,1-3H3. The Balaban J connectivity index is 2.82. The first-order chi connectivity index (χ1) is 5.59. The molecule has 1 rings (SSSR count). The summed E-state index contributed by atoms with van der Waals surface area (Å²) < 4.78 is 5.22. The zero-order valence-electron chi connectivity index (χ0n) is 7.40. The highest BCUT2D eigenvalue weighted by atomic mass is 16.5. The molecule has 1 aromatic heterocycles. The quantitative estimate of drug-likeness (QED) is 0.722. The normalized spacial score (nSPS) is 10.3. The van der Waals surface area contributed by atoms with Crippen molar-refractivity contribution in [3.63, 3.8) is 0 Å². The summed E-state index contributed by atoms with van der Waals surface area (Å²) in [5.41, 5.74) is 0.528. The van der Waals surface area contributed by atoms with Crippen LogP contribution in [0.3, 0.4) is 0 Å². The third-order valence-corrected chi connectivity index (χ3v) is 1.27. The van der Waals surface area contributed by atoms with E-state index < -0.39 is 0 Å². The topological polar surface area (TPSA) is 55.2 Å². The minimum absolute atomic E-state index is 0.0499. The molecule has 4 heteroatoms. The van der Waals surface area contributed by atoms with E-state index in [1.165, 1.54) is 6.20 Å². The van der Waals surface area contributed by atoms with Gasteiger partial charge in [0.15, 0.2) is 5.75 Å². The molecule has 4 nitrogen and oxygen atoms in total. The summed E-state index contributed by atoms with van der Waals surface area (Å²) in [6.45, 7) is 5.49. The van der Waals surface area contributed by atoms with Gasteiger partial charge in [0.05, 0.1) is 18.0 Å². The maximum Gasteiger partial charge on any atom is 0.317 e. The average molecular weight is 168 g/mol. The Morgan fingerprint density at radius 3 is 2.67 bits per heavy atom. The number of aromatic hydroxyl groups is 1. The molecule has 0 atom stereocenters. The number of aromatic nitrogens is 2. The Labute approximate surface area is 71.2 Å². The van der Waals surface area contributed by atoms with E-state index in [1.807, 2.05) is 13.8 Å². The van der Waals surface area contributed by atoms with Crippen LogP contribution in [0.25, 0.3) is 0 Å². The molecule has 1 aromatic rings. The molecule has 66 valence electrons. The third-order valence-electron chi connectivity index (χ3n) is 1.27. The second-order valence-electron chi connectivity index (χ2n) is 2.79. The van der Waals surface area contributed by atoms with Gasteiger partial charge < -0.3 is 9.84 Å². The van der Waals surface area contributed by atoms with Crippen LogP contribution in [0.2, 0.25) is 0 Å².